The number of ether oxygens (including phenoxy) is 1. The lowest BCUT2D eigenvalue weighted by atomic mass is 9.65. The number of hydrogen-bond donors (Lipinski definition) is 1. The summed E-state index contributed by atoms with van der Waals surface area (Å²) >= 11 is 5.78. The average Bonchev–Trinajstić information content (AvgIpc) is 3.23. The molecule has 1 atom stereocenters. The molecule has 0 radical (unpaired) electrons. The molecule has 0 amide bonds. The van der Waals surface area contributed by atoms with E-state index in [4.69, 9.17) is 16.3 Å². The van der Waals surface area contributed by atoms with E-state index in [1.807, 2.05) is 48.5 Å². The number of hydrogen-bond acceptors (Lipinski definition) is 4. The summed E-state index contributed by atoms with van der Waals surface area (Å²) in [7, 11) is 0. The van der Waals surface area contributed by atoms with E-state index in [2.05, 4.69) is 5.32 Å². The lowest BCUT2D eigenvalue weighted by Crippen LogP contribution is -2.35. The van der Waals surface area contributed by atoms with E-state index < -0.39 is 0 Å². The molecule has 5 rings (SSSR count). The highest BCUT2D eigenvalue weighted by molar-refractivity contribution is 6.30. The first-order valence-electron chi connectivity index (χ1n) is 9.35. The lowest BCUT2D eigenvalue weighted by molar-refractivity contribution is -0.115. The highest BCUT2D eigenvalue weighted by Crippen LogP contribution is 2.42. The molecule has 1 saturated carbocycles. The fraction of sp³-hybridized carbons (Fsp3) is 0.364. The van der Waals surface area contributed by atoms with Crippen LogP contribution in [0.25, 0.3) is 0 Å². The van der Waals surface area contributed by atoms with E-state index in [1.54, 1.807) is 0 Å². The van der Waals surface area contributed by atoms with Crippen LogP contribution in [-0.2, 0) is 20.5 Å². The number of aldehydes is 1. The van der Waals surface area contributed by atoms with Crippen LogP contribution in [0.15, 0.2) is 48.5 Å². The third-order valence-electron chi connectivity index (χ3n) is 5.93. The smallest absolute Gasteiger partial charge is 0.339 e. The number of halogens is 1. The molecule has 1 aliphatic carbocycles. The van der Waals surface area contributed by atoms with Crippen molar-refractivity contribution in [3.8, 4) is 0 Å². The van der Waals surface area contributed by atoms with Gasteiger partial charge in [0.05, 0.1) is 11.0 Å². The van der Waals surface area contributed by atoms with Crippen molar-refractivity contribution in [3.63, 3.8) is 0 Å². The standard InChI is InChI=1S/C11H11ClO.C11H11NO2/c12-10-4-2-9(3-5-10)11(8-13)6-1-7-11;13-10-8-3-1-2-4-9(8)11(14-10)5-6-12-7-11/h2-5,8H,1,6-7H2;1-4,12H,5-7H2. The Morgan fingerprint density at radius 3 is 2.37 bits per heavy atom. The molecule has 2 fully saturated rings. The maximum atomic E-state index is 11.6. The molecular formula is C22H22ClNO3. The molecule has 0 aromatic heterocycles. The Bertz CT molecular complexity index is 852. The molecule has 3 aliphatic rings. The monoisotopic (exact) mass is 383 g/mol. The molecule has 1 unspecified atom stereocenters. The topological polar surface area (TPSA) is 55.4 Å². The third kappa shape index (κ3) is 3.17. The van der Waals surface area contributed by atoms with Gasteiger partial charge in [0.1, 0.15) is 6.29 Å². The van der Waals surface area contributed by atoms with Gasteiger partial charge in [-0.15, -0.1) is 0 Å². The van der Waals surface area contributed by atoms with Crippen LogP contribution in [-0.4, -0.2) is 25.3 Å². The summed E-state index contributed by atoms with van der Waals surface area (Å²) in [5, 5.41) is 3.97. The van der Waals surface area contributed by atoms with E-state index in [1.165, 1.54) is 0 Å². The maximum absolute atomic E-state index is 11.6. The van der Waals surface area contributed by atoms with Gasteiger partial charge in [-0.25, -0.2) is 4.79 Å². The van der Waals surface area contributed by atoms with Crippen LogP contribution in [0, 0.1) is 0 Å². The maximum Gasteiger partial charge on any atom is 0.339 e. The largest absolute Gasteiger partial charge is 0.449 e. The van der Waals surface area contributed by atoms with Crippen molar-refractivity contribution < 1.29 is 14.3 Å². The lowest BCUT2D eigenvalue weighted by Gasteiger charge is -2.37. The Morgan fingerprint density at radius 1 is 1.04 bits per heavy atom. The molecule has 2 aromatic carbocycles. The van der Waals surface area contributed by atoms with Crippen LogP contribution >= 0.6 is 11.6 Å². The first-order valence-corrected chi connectivity index (χ1v) is 9.72. The van der Waals surface area contributed by atoms with Crippen LogP contribution in [0.1, 0.15) is 47.2 Å². The molecule has 27 heavy (non-hydrogen) atoms. The van der Waals surface area contributed by atoms with E-state index >= 15 is 0 Å². The normalized spacial score (nSPS) is 24.4. The molecule has 1 saturated heterocycles. The van der Waals surface area contributed by atoms with Crippen LogP contribution in [0.3, 0.4) is 0 Å². The van der Waals surface area contributed by atoms with Gasteiger partial charge in [0.2, 0.25) is 0 Å². The van der Waals surface area contributed by atoms with Gasteiger partial charge >= 0.3 is 5.97 Å². The van der Waals surface area contributed by atoms with E-state index in [9.17, 15) is 9.59 Å². The zero-order chi connectivity index (χ0) is 18.9. The van der Waals surface area contributed by atoms with Gasteiger partial charge in [0.25, 0.3) is 0 Å². The molecule has 4 nitrogen and oxygen atoms in total. The first-order chi connectivity index (χ1) is 13.1. The zero-order valence-electron chi connectivity index (χ0n) is 15.0. The molecule has 2 heterocycles. The van der Waals surface area contributed by atoms with Gasteiger partial charge < -0.3 is 14.8 Å². The van der Waals surface area contributed by atoms with Crippen LogP contribution in [0.2, 0.25) is 5.02 Å². The Morgan fingerprint density at radius 2 is 1.78 bits per heavy atom. The molecule has 1 N–H and O–H groups in total. The minimum absolute atomic E-state index is 0.177. The Hall–Kier alpha value is -2.17. The van der Waals surface area contributed by atoms with Crippen molar-refractivity contribution in [2.75, 3.05) is 13.1 Å². The molecule has 0 bridgehead atoms. The van der Waals surface area contributed by atoms with Gasteiger partial charge in [-0.05, 0) is 43.1 Å². The SMILES string of the molecule is O=C1OC2(CCNC2)c2ccccc21.O=CC1(c2ccc(Cl)cc2)CCC1. The van der Waals surface area contributed by atoms with E-state index in [-0.39, 0.29) is 17.0 Å². The molecular weight excluding hydrogens is 362 g/mol. The number of benzene rings is 2. The summed E-state index contributed by atoms with van der Waals surface area (Å²) in [6, 6.07) is 15.3. The Balaban J connectivity index is 0.000000134. The molecule has 5 heteroatoms. The van der Waals surface area contributed by atoms with Gasteiger partial charge in [0, 0.05) is 23.6 Å². The number of nitrogens with one attached hydrogen (secondary N) is 1. The average molecular weight is 384 g/mol. The predicted molar refractivity (Wildman–Crippen MR) is 104 cm³/mol. The van der Waals surface area contributed by atoms with Crippen molar-refractivity contribution >= 4 is 23.9 Å². The van der Waals surface area contributed by atoms with E-state index in [0.29, 0.717) is 0 Å². The fourth-order valence-corrected chi connectivity index (χ4v) is 4.27. The summed E-state index contributed by atoms with van der Waals surface area (Å²) in [4.78, 5) is 22.5. The van der Waals surface area contributed by atoms with Gasteiger partial charge in [-0.1, -0.05) is 48.4 Å². The number of fused-ring (bicyclic) bond motifs is 2. The van der Waals surface area contributed by atoms with E-state index in [0.717, 1.165) is 66.8 Å². The first kappa shape index (κ1) is 18.2. The third-order valence-corrected chi connectivity index (χ3v) is 6.18. The molecule has 1 spiro atoms. The molecule has 140 valence electrons. The Labute approximate surface area is 163 Å². The van der Waals surface area contributed by atoms with Crippen molar-refractivity contribution in [3.05, 3.63) is 70.2 Å². The highest BCUT2D eigenvalue weighted by atomic mass is 35.5. The number of carbonyl (C=O) groups excluding carboxylic acids is 2. The zero-order valence-corrected chi connectivity index (χ0v) is 15.8. The minimum atomic E-state index is -0.367. The van der Waals surface area contributed by atoms with Gasteiger partial charge in [-0.3, -0.25) is 0 Å². The highest BCUT2D eigenvalue weighted by Gasteiger charge is 2.47. The van der Waals surface area contributed by atoms with Crippen molar-refractivity contribution in [2.24, 2.45) is 0 Å². The number of rotatable bonds is 2. The van der Waals surface area contributed by atoms with Gasteiger partial charge in [0.15, 0.2) is 5.60 Å². The molecule has 2 aromatic rings. The predicted octanol–water partition coefficient (Wildman–Crippen LogP) is 4.01. The quantitative estimate of drug-likeness (QED) is 0.629. The molecule has 2 aliphatic heterocycles. The summed E-state index contributed by atoms with van der Waals surface area (Å²) in [5.74, 6) is -0.177. The second kappa shape index (κ2) is 7.10. The number of carbonyl (C=O) groups is 2. The summed E-state index contributed by atoms with van der Waals surface area (Å²) in [6.45, 7) is 1.66. The van der Waals surface area contributed by atoms with Crippen LogP contribution in [0.4, 0.5) is 0 Å². The summed E-state index contributed by atoms with van der Waals surface area (Å²) in [6.07, 6.45) is 5.09. The summed E-state index contributed by atoms with van der Waals surface area (Å²) in [5.41, 5.74) is 2.34. The Kier molecular flexibility index (Phi) is 4.79. The second-order valence-electron chi connectivity index (χ2n) is 7.49. The van der Waals surface area contributed by atoms with Crippen LogP contribution < -0.4 is 5.32 Å². The van der Waals surface area contributed by atoms with Crippen LogP contribution in [0.5, 0.6) is 0 Å². The van der Waals surface area contributed by atoms with Gasteiger partial charge in [-0.2, -0.15) is 0 Å². The second-order valence-corrected chi connectivity index (χ2v) is 7.93. The summed E-state index contributed by atoms with van der Waals surface area (Å²) < 4.78 is 5.48. The minimum Gasteiger partial charge on any atom is -0.449 e. The van der Waals surface area contributed by atoms with Crippen molar-refractivity contribution in [1.82, 2.24) is 5.32 Å². The number of esters is 1. The fourth-order valence-electron chi connectivity index (χ4n) is 4.15. The van der Waals surface area contributed by atoms with Crippen molar-refractivity contribution in [1.29, 1.82) is 0 Å². The van der Waals surface area contributed by atoms with Crippen molar-refractivity contribution in [2.45, 2.75) is 36.7 Å².